The van der Waals surface area contributed by atoms with Crippen molar-refractivity contribution in [1.29, 1.82) is 0 Å². The number of carbonyl (C=O) groups is 1. The molecule has 1 aliphatic rings. The summed E-state index contributed by atoms with van der Waals surface area (Å²) in [6.45, 7) is 1.52. The number of likely N-dealkylation sites (tertiary alicyclic amines) is 1. The minimum atomic E-state index is -0.0544. The topological polar surface area (TPSA) is 57.8 Å². The summed E-state index contributed by atoms with van der Waals surface area (Å²) >= 11 is 0. The Morgan fingerprint density at radius 2 is 1.88 bits per heavy atom. The first-order valence-electron chi connectivity index (χ1n) is 8.70. The van der Waals surface area contributed by atoms with E-state index in [1.54, 1.807) is 28.9 Å². The van der Waals surface area contributed by atoms with Crippen LogP contribution in [-0.2, 0) is 6.42 Å². The number of pyridine rings is 1. The highest BCUT2D eigenvalue weighted by atomic mass is 16.3. The van der Waals surface area contributed by atoms with Crippen LogP contribution in [0.1, 0.15) is 28.9 Å². The average molecular weight is 335 g/mol. The van der Waals surface area contributed by atoms with Gasteiger partial charge in [-0.1, -0.05) is 30.3 Å². The molecule has 1 amide bonds. The van der Waals surface area contributed by atoms with Gasteiger partial charge in [-0.3, -0.25) is 4.79 Å². The second-order valence-corrected chi connectivity index (χ2v) is 6.68. The quantitative estimate of drug-likeness (QED) is 0.800. The molecule has 0 spiro atoms. The molecule has 3 aromatic rings. The van der Waals surface area contributed by atoms with Gasteiger partial charge in [0.05, 0.1) is 0 Å². The molecule has 0 unspecified atom stereocenters. The number of amides is 1. The molecular weight excluding hydrogens is 314 g/mol. The maximum atomic E-state index is 12.7. The molecule has 4 rings (SSSR count). The van der Waals surface area contributed by atoms with Gasteiger partial charge in [-0.05, 0) is 42.9 Å². The van der Waals surface area contributed by atoms with Gasteiger partial charge >= 0.3 is 0 Å². The molecular formula is C20H21N3O2. The molecule has 5 heteroatoms. The molecule has 1 N–H and O–H groups in total. The Labute approximate surface area is 146 Å². The second-order valence-electron chi connectivity index (χ2n) is 6.68. The van der Waals surface area contributed by atoms with Crippen molar-refractivity contribution < 1.29 is 9.90 Å². The van der Waals surface area contributed by atoms with Crippen LogP contribution in [0.5, 0.6) is 5.75 Å². The molecule has 0 saturated carbocycles. The van der Waals surface area contributed by atoms with Gasteiger partial charge < -0.3 is 14.4 Å². The SMILES string of the molecule is O=C(c1cn2cccc(O)c2n1)N1CCC(Cc2ccccc2)CC1. The second kappa shape index (κ2) is 6.59. The summed E-state index contributed by atoms with van der Waals surface area (Å²) in [6.07, 6.45) is 6.57. The van der Waals surface area contributed by atoms with Crippen molar-refractivity contribution in [3.05, 3.63) is 66.1 Å². The van der Waals surface area contributed by atoms with Gasteiger partial charge in [0.1, 0.15) is 5.69 Å². The largest absolute Gasteiger partial charge is 0.504 e. The number of aromatic nitrogens is 2. The number of fused-ring (bicyclic) bond motifs is 1. The molecule has 3 heterocycles. The lowest BCUT2D eigenvalue weighted by molar-refractivity contribution is 0.0685. The maximum absolute atomic E-state index is 12.7. The van der Waals surface area contributed by atoms with Crippen molar-refractivity contribution in [2.45, 2.75) is 19.3 Å². The third-order valence-corrected chi connectivity index (χ3v) is 4.95. The molecule has 25 heavy (non-hydrogen) atoms. The zero-order valence-corrected chi connectivity index (χ0v) is 14.0. The normalized spacial score (nSPS) is 15.6. The Kier molecular flexibility index (Phi) is 4.14. The van der Waals surface area contributed by atoms with E-state index in [4.69, 9.17) is 0 Å². The monoisotopic (exact) mass is 335 g/mol. The van der Waals surface area contributed by atoms with Crippen molar-refractivity contribution in [3.63, 3.8) is 0 Å². The van der Waals surface area contributed by atoms with Gasteiger partial charge in [0, 0.05) is 25.5 Å². The maximum Gasteiger partial charge on any atom is 0.274 e. The first-order chi connectivity index (χ1) is 12.2. The van der Waals surface area contributed by atoms with E-state index < -0.39 is 0 Å². The fourth-order valence-corrected chi connectivity index (χ4v) is 3.55. The highest BCUT2D eigenvalue weighted by molar-refractivity contribution is 5.93. The van der Waals surface area contributed by atoms with Crippen LogP contribution < -0.4 is 0 Å². The number of nitrogens with zero attached hydrogens (tertiary/aromatic N) is 3. The van der Waals surface area contributed by atoms with Gasteiger partial charge in [-0.2, -0.15) is 0 Å². The highest BCUT2D eigenvalue weighted by Crippen LogP contribution is 2.23. The standard InChI is InChI=1S/C20H21N3O2/c24-18-7-4-10-23-14-17(21-19(18)23)20(25)22-11-8-16(9-12-22)13-15-5-2-1-3-6-15/h1-7,10,14,16,24H,8-9,11-13H2. The van der Waals surface area contributed by atoms with Crippen molar-refractivity contribution in [2.24, 2.45) is 5.92 Å². The summed E-state index contributed by atoms with van der Waals surface area (Å²) in [6, 6.07) is 13.8. The Morgan fingerprint density at radius 1 is 1.12 bits per heavy atom. The van der Waals surface area contributed by atoms with Crippen LogP contribution in [0.15, 0.2) is 54.9 Å². The van der Waals surface area contributed by atoms with Crippen LogP contribution in [0, 0.1) is 5.92 Å². The molecule has 0 bridgehead atoms. The van der Waals surface area contributed by atoms with Crippen LogP contribution >= 0.6 is 0 Å². The third-order valence-electron chi connectivity index (χ3n) is 4.95. The van der Waals surface area contributed by atoms with Gasteiger partial charge in [-0.15, -0.1) is 0 Å². The first kappa shape index (κ1) is 15.7. The van der Waals surface area contributed by atoms with Gasteiger partial charge in [0.2, 0.25) is 0 Å². The fraction of sp³-hybridized carbons (Fsp3) is 0.300. The number of benzene rings is 1. The highest BCUT2D eigenvalue weighted by Gasteiger charge is 2.25. The molecule has 1 saturated heterocycles. The van der Waals surface area contributed by atoms with Gasteiger partial charge in [-0.25, -0.2) is 4.98 Å². The zero-order valence-electron chi connectivity index (χ0n) is 14.0. The minimum Gasteiger partial charge on any atom is -0.504 e. The molecule has 0 radical (unpaired) electrons. The number of piperidine rings is 1. The van der Waals surface area contributed by atoms with E-state index in [2.05, 4.69) is 29.2 Å². The summed E-state index contributed by atoms with van der Waals surface area (Å²) in [5.41, 5.74) is 2.18. The molecule has 1 aliphatic heterocycles. The summed E-state index contributed by atoms with van der Waals surface area (Å²) in [5, 5.41) is 9.84. The lowest BCUT2D eigenvalue weighted by atomic mass is 9.90. The van der Waals surface area contributed by atoms with Crippen LogP contribution in [0.4, 0.5) is 0 Å². The van der Waals surface area contributed by atoms with Crippen LogP contribution in [0.3, 0.4) is 0 Å². The van der Waals surface area contributed by atoms with E-state index in [0.29, 0.717) is 17.3 Å². The van der Waals surface area contributed by atoms with E-state index in [1.807, 2.05) is 11.0 Å². The van der Waals surface area contributed by atoms with Crippen LogP contribution in [0.2, 0.25) is 0 Å². The lowest BCUT2D eigenvalue weighted by Crippen LogP contribution is -2.39. The number of carbonyl (C=O) groups excluding carboxylic acids is 1. The van der Waals surface area contributed by atoms with E-state index in [9.17, 15) is 9.90 Å². The zero-order chi connectivity index (χ0) is 17.2. The van der Waals surface area contributed by atoms with Crippen LogP contribution in [0.25, 0.3) is 5.65 Å². The molecule has 5 nitrogen and oxygen atoms in total. The molecule has 1 fully saturated rings. The summed E-state index contributed by atoms with van der Waals surface area (Å²) in [7, 11) is 0. The van der Waals surface area contributed by atoms with E-state index in [0.717, 1.165) is 32.4 Å². The van der Waals surface area contributed by atoms with E-state index in [-0.39, 0.29) is 11.7 Å². The van der Waals surface area contributed by atoms with E-state index in [1.165, 1.54) is 5.56 Å². The number of rotatable bonds is 3. The van der Waals surface area contributed by atoms with Gasteiger partial charge in [0.15, 0.2) is 11.4 Å². The third kappa shape index (κ3) is 3.22. The smallest absolute Gasteiger partial charge is 0.274 e. The minimum absolute atomic E-state index is 0.0544. The Bertz CT molecular complexity index is 880. The molecule has 0 atom stereocenters. The average Bonchev–Trinajstić information content (AvgIpc) is 3.08. The Morgan fingerprint density at radius 3 is 2.60 bits per heavy atom. The Balaban J connectivity index is 1.41. The molecule has 1 aromatic carbocycles. The number of hydrogen-bond acceptors (Lipinski definition) is 3. The van der Waals surface area contributed by atoms with Crippen molar-refractivity contribution >= 4 is 11.6 Å². The molecule has 2 aromatic heterocycles. The molecule has 128 valence electrons. The van der Waals surface area contributed by atoms with Crippen LogP contribution in [-0.4, -0.2) is 38.4 Å². The summed E-state index contributed by atoms with van der Waals surface area (Å²) in [5.74, 6) is 0.654. The van der Waals surface area contributed by atoms with Crippen molar-refractivity contribution in [1.82, 2.24) is 14.3 Å². The number of imidazole rings is 1. The first-order valence-corrected chi connectivity index (χ1v) is 8.70. The van der Waals surface area contributed by atoms with Crippen molar-refractivity contribution in [2.75, 3.05) is 13.1 Å². The predicted octanol–water partition coefficient (Wildman–Crippen LogP) is 3.13. The number of hydrogen-bond donors (Lipinski definition) is 1. The lowest BCUT2D eigenvalue weighted by Gasteiger charge is -2.31. The Hall–Kier alpha value is -2.82. The van der Waals surface area contributed by atoms with Gasteiger partial charge in [0.25, 0.3) is 5.91 Å². The predicted molar refractivity (Wildman–Crippen MR) is 95.6 cm³/mol. The number of aromatic hydroxyl groups is 1. The van der Waals surface area contributed by atoms with E-state index >= 15 is 0 Å². The van der Waals surface area contributed by atoms with Crippen molar-refractivity contribution in [3.8, 4) is 5.75 Å². The molecule has 0 aliphatic carbocycles. The fourth-order valence-electron chi connectivity index (χ4n) is 3.55. The summed E-state index contributed by atoms with van der Waals surface area (Å²) < 4.78 is 1.69. The summed E-state index contributed by atoms with van der Waals surface area (Å²) in [4.78, 5) is 18.9.